The quantitative estimate of drug-likeness (QED) is 0.879. The van der Waals surface area contributed by atoms with Crippen LogP contribution in [0, 0.1) is 0 Å². The van der Waals surface area contributed by atoms with E-state index in [1.807, 2.05) is 0 Å². The van der Waals surface area contributed by atoms with Gasteiger partial charge in [0.15, 0.2) is 9.84 Å². The van der Waals surface area contributed by atoms with E-state index in [1.165, 1.54) is 12.7 Å². The first-order chi connectivity index (χ1) is 8.05. The minimum absolute atomic E-state index is 0.300. The average Bonchev–Trinajstić information content (AvgIpc) is 2.78. The molecule has 4 nitrogen and oxygen atoms in total. The monoisotopic (exact) mass is 255 g/mol. The van der Waals surface area contributed by atoms with Gasteiger partial charge in [0.2, 0.25) is 0 Å². The highest BCUT2D eigenvalue weighted by Gasteiger charge is 2.15. The van der Waals surface area contributed by atoms with Crippen molar-refractivity contribution in [3.05, 3.63) is 24.3 Å². The van der Waals surface area contributed by atoms with Gasteiger partial charge in [0.1, 0.15) is 12.4 Å². The van der Waals surface area contributed by atoms with Crippen molar-refractivity contribution in [1.82, 2.24) is 5.32 Å². The second kappa shape index (κ2) is 5.06. The van der Waals surface area contributed by atoms with E-state index >= 15 is 0 Å². The summed E-state index contributed by atoms with van der Waals surface area (Å²) in [5.74, 6) is 0.613. The molecule has 1 saturated heterocycles. The summed E-state index contributed by atoms with van der Waals surface area (Å²) in [6.07, 6.45) is 3.49. The molecular formula is C12H17NO3S. The standard InChI is InChI=1S/C12H17NO3S/c1-17(14,15)12-6-2-5-11(8-12)16-9-10-4-3-7-13-10/h2,5-6,8,10,13H,3-4,7,9H2,1H3/t10-/m1/s1. The SMILES string of the molecule is CS(=O)(=O)c1cccc(OC[C@H]2CCCN2)c1. The fraction of sp³-hybridized carbons (Fsp3) is 0.500. The Bertz CT molecular complexity index is 478. The van der Waals surface area contributed by atoms with Crippen LogP contribution in [0.2, 0.25) is 0 Å². The lowest BCUT2D eigenvalue weighted by atomic mass is 10.2. The Morgan fingerprint density at radius 2 is 2.29 bits per heavy atom. The van der Waals surface area contributed by atoms with E-state index in [0.29, 0.717) is 23.3 Å². The number of nitrogens with one attached hydrogen (secondary N) is 1. The number of rotatable bonds is 4. The molecule has 0 bridgehead atoms. The molecular weight excluding hydrogens is 238 g/mol. The zero-order valence-electron chi connectivity index (χ0n) is 9.85. The molecule has 1 heterocycles. The third-order valence-corrected chi connectivity index (χ3v) is 3.96. The highest BCUT2D eigenvalue weighted by atomic mass is 32.2. The zero-order chi connectivity index (χ0) is 12.3. The minimum Gasteiger partial charge on any atom is -0.492 e. The number of hydrogen-bond donors (Lipinski definition) is 1. The lowest BCUT2D eigenvalue weighted by Gasteiger charge is -2.12. The Labute approximate surface area is 102 Å². The van der Waals surface area contributed by atoms with Crippen molar-refractivity contribution in [2.75, 3.05) is 19.4 Å². The summed E-state index contributed by atoms with van der Waals surface area (Å²) in [5.41, 5.74) is 0. The van der Waals surface area contributed by atoms with Crippen molar-refractivity contribution < 1.29 is 13.2 Å². The summed E-state index contributed by atoms with van der Waals surface area (Å²) in [6, 6.07) is 7.02. The molecule has 0 spiro atoms. The van der Waals surface area contributed by atoms with Crippen LogP contribution in [0.25, 0.3) is 0 Å². The van der Waals surface area contributed by atoms with E-state index in [-0.39, 0.29) is 0 Å². The van der Waals surface area contributed by atoms with Crippen LogP contribution >= 0.6 is 0 Å². The van der Waals surface area contributed by atoms with Crippen LogP contribution in [0.4, 0.5) is 0 Å². The van der Waals surface area contributed by atoms with E-state index in [0.717, 1.165) is 13.0 Å². The molecule has 0 unspecified atom stereocenters. The van der Waals surface area contributed by atoms with Crippen LogP contribution < -0.4 is 10.1 Å². The maximum Gasteiger partial charge on any atom is 0.175 e. The molecule has 0 saturated carbocycles. The van der Waals surface area contributed by atoms with Gasteiger partial charge in [-0.25, -0.2) is 8.42 Å². The van der Waals surface area contributed by atoms with E-state index in [4.69, 9.17) is 4.74 Å². The van der Waals surface area contributed by atoms with E-state index in [2.05, 4.69) is 5.32 Å². The maximum atomic E-state index is 11.4. The van der Waals surface area contributed by atoms with Gasteiger partial charge in [0.25, 0.3) is 0 Å². The molecule has 0 radical (unpaired) electrons. The van der Waals surface area contributed by atoms with E-state index in [9.17, 15) is 8.42 Å². The normalized spacial score (nSPS) is 20.4. The molecule has 5 heteroatoms. The highest BCUT2D eigenvalue weighted by Crippen LogP contribution is 2.18. The van der Waals surface area contributed by atoms with Gasteiger partial charge in [0, 0.05) is 12.3 Å². The number of sulfone groups is 1. The van der Waals surface area contributed by atoms with Crippen LogP contribution in [-0.2, 0) is 9.84 Å². The second-order valence-corrected chi connectivity index (χ2v) is 6.37. The fourth-order valence-corrected chi connectivity index (χ4v) is 2.55. The van der Waals surface area contributed by atoms with Crippen molar-refractivity contribution in [3.8, 4) is 5.75 Å². The molecule has 1 aromatic rings. The van der Waals surface area contributed by atoms with Crippen molar-refractivity contribution in [2.24, 2.45) is 0 Å². The first-order valence-electron chi connectivity index (χ1n) is 5.72. The van der Waals surface area contributed by atoms with Crippen LogP contribution in [0.3, 0.4) is 0 Å². The first kappa shape index (κ1) is 12.4. The largest absolute Gasteiger partial charge is 0.492 e. The molecule has 1 aliphatic heterocycles. The van der Waals surface area contributed by atoms with Gasteiger partial charge in [-0.2, -0.15) is 0 Å². The summed E-state index contributed by atoms with van der Waals surface area (Å²) in [5, 5.41) is 3.33. The van der Waals surface area contributed by atoms with Gasteiger partial charge in [-0.3, -0.25) is 0 Å². The van der Waals surface area contributed by atoms with Gasteiger partial charge in [-0.05, 0) is 37.6 Å². The van der Waals surface area contributed by atoms with Gasteiger partial charge in [0.05, 0.1) is 4.90 Å². The predicted molar refractivity (Wildman–Crippen MR) is 66.1 cm³/mol. The third kappa shape index (κ3) is 3.44. The number of benzene rings is 1. The predicted octanol–water partition coefficient (Wildman–Crippen LogP) is 1.22. The molecule has 94 valence electrons. The Balaban J connectivity index is 2.01. The summed E-state index contributed by atoms with van der Waals surface area (Å²) in [6.45, 7) is 1.63. The van der Waals surface area contributed by atoms with Gasteiger partial charge in [-0.1, -0.05) is 6.07 Å². The molecule has 2 rings (SSSR count). The van der Waals surface area contributed by atoms with Crippen LogP contribution in [0.1, 0.15) is 12.8 Å². The number of ether oxygens (including phenoxy) is 1. The molecule has 0 aliphatic carbocycles. The molecule has 1 aliphatic rings. The lowest BCUT2D eigenvalue weighted by molar-refractivity contribution is 0.276. The topological polar surface area (TPSA) is 55.4 Å². The Kier molecular flexibility index (Phi) is 3.69. The van der Waals surface area contributed by atoms with Crippen molar-refractivity contribution in [3.63, 3.8) is 0 Å². The van der Waals surface area contributed by atoms with Gasteiger partial charge >= 0.3 is 0 Å². The highest BCUT2D eigenvalue weighted by molar-refractivity contribution is 7.90. The molecule has 1 fully saturated rings. The van der Waals surface area contributed by atoms with E-state index in [1.54, 1.807) is 24.3 Å². The minimum atomic E-state index is -3.16. The molecule has 0 amide bonds. The van der Waals surface area contributed by atoms with Crippen molar-refractivity contribution in [1.29, 1.82) is 0 Å². The average molecular weight is 255 g/mol. The molecule has 1 atom stereocenters. The van der Waals surface area contributed by atoms with Crippen molar-refractivity contribution in [2.45, 2.75) is 23.8 Å². The van der Waals surface area contributed by atoms with Crippen molar-refractivity contribution >= 4 is 9.84 Å². The first-order valence-corrected chi connectivity index (χ1v) is 7.61. The van der Waals surface area contributed by atoms with Crippen LogP contribution in [0.15, 0.2) is 29.2 Å². The Morgan fingerprint density at radius 1 is 1.47 bits per heavy atom. The van der Waals surface area contributed by atoms with Gasteiger partial charge in [-0.15, -0.1) is 0 Å². The fourth-order valence-electron chi connectivity index (χ4n) is 1.89. The summed E-state index contributed by atoms with van der Waals surface area (Å²) >= 11 is 0. The molecule has 17 heavy (non-hydrogen) atoms. The van der Waals surface area contributed by atoms with Crippen LogP contribution in [-0.4, -0.2) is 33.9 Å². The van der Waals surface area contributed by atoms with E-state index < -0.39 is 9.84 Å². The molecule has 1 aromatic carbocycles. The summed E-state index contributed by atoms with van der Waals surface area (Å²) in [4.78, 5) is 0.300. The Hall–Kier alpha value is -1.07. The molecule has 0 aromatic heterocycles. The van der Waals surface area contributed by atoms with Crippen LogP contribution in [0.5, 0.6) is 5.75 Å². The summed E-state index contributed by atoms with van der Waals surface area (Å²) in [7, 11) is -3.16. The molecule has 1 N–H and O–H groups in total. The Morgan fingerprint density at radius 3 is 2.94 bits per heavy atom. The zero-order valence-corrected chi connectivity index (χ0v) is 10.7. The lowest BCUT2D eigenvalue weighted by Crippen LogP contribution is -2.28. The summed E-state index contributed by atoms with van der Waals surface area (Å²) < 4.78 is 28.4. The smallest absolute Gasteiger partial charge is 0.175 e. The third-order valence-electron chi connectivity index (χ3n) is 2.85. The number of hydrogen-bond acceptors (Lipinski definition) is 4. The second-order valence-electron chi connectivity index (χ2n) is 4.35. The van der Waals surface area contributed by atoms with Gasteiger partial charge < -0.3 is 10.1 Å². The maximum absolute atomic E-state index is 11.4.